The van der Waals surface area contributed by atoms with Crippen LogP contribution < -0.4 is 14.8 Å². The SMILES string of the molecule is CC(=O)c1cc2c(cc1NC(=O)c1ccsc1)OCO2. The smallest absolute Gasteiger partial charge is 0.256 e. The Morgan fingerprint density at radius 1 is 1.25 bits per heavy atom. The molecule has 0 radical (unpaired) electrons. The fourth-order valence-electron chi connectivity index (χ4n) is 1.92. The van der Waals surface area contributed by atoms with Gasteiger partial charge >= 0.3 is 0 Å². The van der Waals surface area contributed by atoms with Crippen molar-refractivity contribution in [3.63, 3.8) is 0 Å². The van der Waals surface area contributed by atoms with Crippen LogP contribution in [0.2, 0.25) is 0 Å². The summed E-state index contributed by atoms with van der Waals surface area (Å²) in [5, 5.41) is 6.30. The van der Waals surface area contributed by atoms with Gasteiger partial charge < -0.3 is 14.8 Å². The molecule has 0 bridgehead atoms. The van der Waals surface area contributed by atoms with E-state index in [2.05, 4.69) is 5.32 Å². The number of ketones is 1. The predicted molar refractivity (Wildman–Crippen MR) is 74.8 cm³/mol. The molecule has 20 heavy (non-hydrogen) atoms. The zero-order valence-electron chi connectivity index (χ0n) is 10.6. The number of Topliss-reactive ketones (excluding diaryl/α,β-unsaturated/α-hetero) is 1. The van der Waals surface area contributed by atoms with Crippen LogP contribution in [0, 0.1) is 0 Å². The lowest BCUT2D eigenvalue weighted by Crippen LogP contribution is -2.13. The first-order valence-corrected chi connectivity index (χ1v) is 6.87. The van der Waals surface area contributed by atoms with Gasteiger partial charge in [-0.3, -0.25) is 9.59 Å². The molecule has 1 aliphatic rings. The van der Waals surface area contributed by atoms with Gasteiger partial charge in [0.05, 0.1) is 11.3 Å². The lowest BCUT2D eigenvalue weighted by atomic mass is 10.1. The van der Waals surface area contributed by atoms with E-state index in [4.69, 9.17) is 9.47 Å². The van der Waals surface area contributed by atoms with Crippen LogP contribution in [0.15, 0.2) is 29.0 Å². The number of ether oxygens (including phenoxy) is 2. The summed E-state index contributed by atoms with van der Waals surface area (Å²) in [6.45, 7) is 1.56. The molecule has 0 fully saturated rings. The van der Waals surface area contributed by atoms with Crippen molar-refractivity contribution in [2.45, 2.75) is 6.92 Å². The molecular weight excluding hydrogens is 278 g/mol. The Hall–Kier alpha value is -2.34. The molecule has 1 aliphatic heterocycles. The molecule has 1 aromatic carbocycles. The number of hydrogen-bond acceptors (Lipinski definition) is 5. The Balaban J connectivity index is 1.96. The normalized spacial score (nSPS) is 12.2. The maximum absolute atomic E-state index is 12.1. The predicted octanol–water partition coefficient (Wildman–Crippen LogP) is 2.93. The maximum atomic E-state index is 12.1. The number of rotatable bonds is 3. The number of benzene rings is 1. The molecule has 2 aromatic rings. The highest BCUT2D eigenvalue weighted by Gasteiger charge is 2.20. The fraction of sp³-hybridized carbons (Fsp3) is 0.143. The Kier molecular flexibility index (Phi) is 3.15. The van der Waals surface area contributed by atoms with E-state index in [0.29, 0.717) is 28.3 Å². The molecule has 0 aliphatic carbocycles. The van der Waals surface area contributed by atoms with Gasteiger partial charge in [-0.25, -0.2) is 0 Å². The Bertz CT molecular complexity index is 679. The van der Waals surface area contributed by atoms with Crippen molar-refractivity contribution in [1.29, 1.82) is 0 Å². The van der Waals surface area contributed by atoms with Crippen molar-refractivity contribution in [1.82, 2.24) is 0 Å². The first kappa shape index (κ1) is 12.7. The van der Waals surface area contributed by atoms with Crippen molar-refractivity contribution in [3.05, 3.63) is 40.1 Å². The van der Waals surface area contributed by atoms with Crippen LogP contribution in [0.25, 0.3) is 0 Å². The number of anilines is 1. The van der Waals surface area contributed by atoms with Gasteiger partial charge in [-0.15, -0.1) is 0 Å². The second kappa shape index (κ2) is 4.97. The van der Waals surface area contributed by atoms with E-state index in [9.17, 15) is 9.59 Å². The molecule has 3 rings (SSSR count). The number of nitrogens with one attached hydrogen (secondary N) is 1. The first-order chi connectivity index (χ1) is 9.65. The van der Waals surface area contributed by atoms with Crippen molar-refractivity contribution < 1.29 is 19.1 Å². The van der Waals surface area contributed by atoms with Crippen LogP contribution in [-0.2, 0) is 0 Å². The molecule has 1 amide bonds. The van der Waals surface area contributed by atoms with Crippen LogP contribution in [0.3, 0.4) is 0 Å². The van der Waals surface area contributed by atoms with Crippen LogP contribution in [0.5, 0.6) is 11.5 Å². The highest BCUT2D eigenvalue weighted by Crippen LogP contribution is 2.37. The summed E-state index contributed by atoms with van der Waals surface area (Å²) in [4.78, 5) is 23.8. The van der Waals surface area contributed by atoms with Gasteiger partial charge in [-0.1, -0.05) is 0 Å². The van der Waals surface area contributed by atoms with Gasteiger partial charge in [-0.05, 0) is 24.4 Å². The average molecular weight is 289 g/mol. The molecule has 2 heterocycles. The van der Waals surface area contributed by atoms with Gasteiger partial charge in [0, 0.05) is 17.0 Å². The zero-order chi connectivity index (χ0) is 14.1. The standard InChI is InChI=1S/C14H11NO4S/c1-8(16)10-4-12-13(19-7-18-12)5-11(10)15-14(17)9-2-3-20-6-9/h2-6H,7H2,1H3,(H,15,17). The van der Waals surface area contributed by atoms with Crippen LogP contribution in [0.4, 0.5) is 5.69 Å². The summed E-state index contributed by atoms with van der Waals surface area (Å²) in [6.07, 6.45) is 0. The van der Waals surface area contributed by atoms with Gasteiger partial charge in [0.1, 0.15) is 0 Å². The molecule has 1 N–H and O–H groups in total. The quantitative estimate of drug-likeness (QED) is 0.882. The van der Waals surface area contributed by atoms with E-state index in [1.54, 1.807) is 23.6 Å². The minimum Gasteiger partial charge on any atom is -0.454 e. The van der Waals surface area contributed by atoms with E-state index in [0.717, 1.165) is 0 Å². The zero-order valence-corrected chi connectivity index (χ0v) is 11.5. The summed E-state index contributed by atoms with van der Waals surface area (Å²) in [5.41, 5.74) is 1.39. The molecular formula is C14H11NO4S. The molecule has 5 nitrogen and oxygen atoms in total. The lowest BCUT2D eigenvalue weighted by molar-refractivity contribution is 0.101. The Morgan fingerprint density at radius 2 is 2.00 bits per heavy atom. The number of carbonyl (C=O) groups is 2. The summed E-state index contributed by atoms with van der Waals surface area (Å²) >= 11 is 1.44. The first-order valence-electron chi connectivity index (χ1n) is 5.93. The van der Waals surface area contributed by atoms with Crippen LogP contribution >= 0.6 is 11.3 Å². The minimum absolute atomic E-state index is 0.120. The van der Waals surface area contributed by atoms with Gasteiger partial charge in [0.25, 0.3) is 5.91 Å². The topological polar surface area (TPSA) is 64.6 Å². The average Bonchev–Trinajstić information content (AvgIpc) is 3.08. The molecule has 1 aromatic heterocycles. The third-order valence-corrected chi connectivity index (χ3v) is 3.61. The molecule has 6 heteroatoms. The lowest BCUT2D eigenvalue weighted by Gasteiger charge is -2.10. The monoisotopic (exact) mass is 289 g/mol. The molecule has 0 saturated heterocycles. The second-order valence-electron chi connectivity index (χ2n) is 4.27. The number of amides is 1. The van der Waals surface area contributed by atoms with Gasteiger partial charge in [0.2, 0.25) is 6.79 Å². The van der Waals surface area contributed by atoms with Crippen molar-refractivity contribution >= 4 is 28.7 Å². The second-order valence-corrected chi connectivity index (χ2v) is 5.05. The van der Waals surface area contributed by atoms with E-state index in [1.165, 1.54) is 18.3 Å². The summed E-state index contributed by atoms with van der Waals surface area (Å²) in [5.74, 6) is 0.635. The summed E-state index contributed by atoms with van der Waals surface area (Å²) in [6, 6.07) is 4.93. The van der Waals surface area contributed by atoms with E-state index in [1.807, 2.05) is 5.38 Å². The Morgan fingerprint density at radius 3 is 2.65 bits per heavy atom. The van der Waals surface area contributed by atoms with Gasteiger partial charge in [-0.2, -0.15) is 11.3 Å². The molecule has 0 atom stereocenters. The molecule has 0 unspecified atom stereocenters. The summed E-state index contributed by atoms with van der Waals surface area (Å²) < 4.78 is 10.5. The number of carbonyl (C=O) groups excluding carboxylic acids is 2. The Labute approximate surface area is 119 Å². The third kappa shape index (κ3) is 2.25. The summed E-state index contributed by atoms with van der Waals surface area (Å²) in [7, 11) is 0. The van der Waals surface area contributed by atoms with Crippen molar-refractivity contribution in [2.24, 2.45) is 0 Å². The van der Waals surface area contributed by atoms with Crippen LogP contribution in [0.1, 0.15) is 27.6 Å². The number of fused-ring (bicyclic) bond motifs is 1. The highest BCUT2D eigenvalue weighted by molar-refractivity contribution is 7.08. The highest BCUT2D eigenvalue weighted by atomic mass is 32.1. The minimum atomic E-state index is -0.257. The van der Waals surface area contributed by atoms with Crippen molar-refractivity contribution in [2.75, 3.05) is 12.1 Å². The van der Waals surface area contributed by atoms with Crippen LogP contribution in [-0.4, -0.2) is 18.5 Å². The van der Waals surface area contributed by atoms with Crippen molar-refractivity contribution in [3.8, 4) is 11.5 Å². The van der Waals surface area contributed by atoms with E-state index >= 15 is 0 Å². The fourth-order valence-corrected chi connectivity index (χ4v) is 2.56. The van der Waals surface area contributed by atoms with E-state index < -0.39 is 0 Å². The van der Waals surface area contributed by atoms with E-state index in [-0.39, 0.29) is 18.5 Å². The number of thiophene rings is 1. The molecule has 0 spiro atoms. The molecule has 0 saturated carbocycles. The number of hydrogen-bond donors (Lipinski definition) is 1. The third-order valence-electron chi connectivity index (χ3n) is 2.92. The van der Waals surface area contributed by atoms with Gasteiger partial charge in [0.15, 0.2) is 17.3 Å². The molecule has 102 valence electrons. The maximum Gasteiger partial charge on any atom is 0.256 e. The largest absolute Gasteiger partial charge is 0.454 e.